The van der Waals surface area contributed by atoms with E-state index in [2.05, 4.69) is 15.3 Å². The van der Waals surface area contributed by atoms with Gasteiger partial charge >= 0.3 is 5.97 Å². The number of carbonyl (C=O) groups is 1. The van der Waals surface area contributed by atoms with Gasteiger partial charge in [-0.25, -0.2) is 9.78 Å². The molecule has 0 saturated heterocycles. The highest BCUT2D eigenvalue weighted by Gasteiger charge is 2.21. The van der Waals surface area contributed by atoms with Gasteiger partial charge in [0.15, 0.2) is 12.4 Å². The van der Waals surface area contributed by atoms with Gasteiger partial charge in [0, 0.05) is 6.07 Å². The molecule has 0 unspecified atom stereocenters. The Balaban J connectivity index is 1.71. The van der Waals surface area contributed by atoms with Crippen molar-refractivity contribution in [3.63, 3.8) is 0 Å². The molecule has 0 saturated carbocycles. The second kappa shape index (κ2) is 6.14. The number of rotatable bonds is 4. The van der Waals surface area contributed by atoms with Crippen LogP contribution in [0.4, 0.5) is 0 Å². The quantitative estimate of drug-likeness (QED) is 0.512. The summed E-state index contributed by atoms with van der Waals surface area (Å²) in [6.07, 6.45) is 0. The Bertz CT molecular complexity index is 1050. The number of thiophene rings is 1. The molecular formula is C17H13N3O4S. The molecule has 0 aliphatic rings. The SMILES string of the molecule is Cc1cc(COC(=O)c2cc(-c3cccs3)nc3onc(C)c23)on1. The molecule has 0 bridgehead atoms. The van der Waals surface area contributed by atoms with E-state index in [1.54, 1.807) is 26.0 Å². The number of fused-ring (bicyclic) bond motifs is 1. The van der Waals surface area contributed by atoms with Gasteiger partial charge in [-0.3, -0.25) is 0 Å². The summed E-state index contributed by atoms with van der Waals surface area (Å²) >= 11 is 1.52. The van der Waals surface area contributed by atoms with Crippen molar-refractivity contribution in [2.24, 2.45) is 0 Å². The number of carbonyl (C=O) groups excluding carboxylic acids is 1. The molecule has 0 N–H and O–H groups in total. The van der Waals surface area contributed by atoms with Crippen LogP contribution in [0.2, 0.25) is 0 Å². The van der Waals surface area contributed by atoms with Crippen LogP contribution in [0.25, 0.3) is 21.7 Å². The predicted octanol–water partition coefficient (Wildman–Crippen LogP) is 3.91. The normalized spacial score (nSPS) is 11.1. The highest BCUT2D eigenvalue weighted by Crippen LogP contribution is 2.29. The minimum absolute atomic E-state index is 0.00214. The van der Waals surface area contributed by atoms with E-state index in [-0.39, 0.29) is 6.61 Å². The molecule has 4 rings (SSSR count). The number of hydrogen-bond donors (Lipinski definition) is 0. The summed E-state index contributed by atoms with van der Waals surface area (Å²) in [4.78, 5) is 18.0. The summed E-state index contributed by atoms with van der Waals surface area (Å²) in [6.45, 7) is 3.56. The van der Waals surface area contributed by atoms with E-state index in [1.807, 2.05) is 17.5 Å². The predicted molar refractivity (Wildman–Crippen MR) is 90.2 cm³/mol. The summed E-state index contributed by atoms with van der Waals surface area (Å²) in [5.74, 6) is -0.0118. The first-order chi connectivity index (χ1) is 12.1. The van der Waals surface area contributed by atoms with E-state index in [4.69, 9.17) is 13.8 Å². The summed E-state index contributed by atoms with van der Waals surface area (Å²) in [5.41, 5.74) is 2.63. The third kappa shape index (κ3) is 2.91. The molecule has 4 aromatic heterocycles. The number of aryl methyl sites for hydroxylation is 2. The zero-order chi connectivity index (χ0) is 17.4. The van der Waals surface area contributed by atoms with Crippen molar-refractivity contribution in [2.75, 3.05) is 0 Å². The van der Waals surface area contributed by atoms with Crippen molar-refractivity contribution in [1.82, 2.24) is 15.3 Å². The van der Waals surface area contributed by atoms with Crippen LogP contribution in [-0.2, 0) is 11.3 Å². The molecule has 25 heavy (non-hydrogen) atoms. The van der Waals surface area contributed by atoms with Gasteiger partial charge in [-0.2, -0.15) is 0 Å². The van der Waals surface area contributed by atoms with Crippen LogP contribution in [0.3, 0.4) is 0 Å². The van der Waals surface area contributed by atoms with E-state index in [9.17, 15) is 4.79 Å². The number of ether oxygens (including phenoxy) is 1. The molecule has 0 aliphatic carbocycles. The Morgan fingerprint density at radius 1 is 1.24 bits per heavy atom. The Morgan fingerprint density at radius 2 is 2.12 bits per heavy atom. The summed E-state index contributed by atoms with van der Waals surface area (Å²) < 4.78 is 15.7. The lowest BCUT2D eigenvalue weighted by Crippen LogP contribution is -2.06. The van der Waals surface area contributed by atoms with Crippen LogP contribution in [0, 0.1) is 13.8 Å². The molecule has 0 amide bonds. The lowest BCUT2D eigenvalue weighted by atomic mass is 10.1. The minimum atomic E-state index is -0.495. The zero-order valence-corrected chi connectivity index (χ0v) is 14.3. The van der Waals surface area contributed by atoms with E-state index < -0.39 is 5.97 Å². The van der Waals surface area contributed by atoms with Gasteiger partial charge in [-0.1, -0.05) is 16.4 Å². The van der Waals surface area contributed by atoms with E-state index in [0.29, 0.717) is 33.8 Å². The van der Waals surface area contributed by atoms with Gasteiger partial charge in [0.25, 0.3) is 5.71 Å². The molecule has 0 aromatic carbocycles. The Hall–Kier alpha value is -3.00. The van der Waals surface area contributed by atoms with E-state index in [0.717, 1.165) is 10.6 Å². The number of pyridine rings is 1. The summed E-state index contributed by atoms with van der Waals surface area (Å²) in [5, 5.41) is 10.2. The average Bonchev–Trinajstić information content (AvgIpc) is 3.34. The maximum Gasteiger partial charge on any atom is 0.339 e. The smallest absolute Gasteiger partial charge is 0.339 e. The molecule has 0 aliphatic heterocycles. The third-order valence-corrected chi connectivity index (χ3v) is 4.53. The average molecular weight is 355 g/mol. The highest BCUT2D eigenvalue weighted by atomic mass is 32.1. The van der Waals surface area contributed by atoms with Gasteiger partial charge in [0.1, 0.15) is 0 Å². The van der Waals surface area contributed by atoms with Crippen LogP contribution in [0.5, 0.6) is 0 Å². The maximum atomic E-state index is 12.6. The molecule has 8 heteroatoms. The van der Waals surface area contributed by atoms with Crippen LogP contribution >= 0.6 is 11.3 Å². The van der Waals surface area contributed by atoms with Crippen LogP contribution < -0.4 is 0 Å². The molecule has 0 spiro atoms. The van der Waals surface area contributed by atoms with Crippen LogP contribution in [0.1, 0.15) is 27.5 Å². The van der Waals surface area contributed by atoms with Crippen molar-refractivity contribution in [2.45, 2.75) is 20.5 Å². The molecule has 0 fully saturated rings. The Morgan fingerprint density at radius 3 is 2.84 bits per heavy atom. The molecule has 4 heterocycles. The highest BCUT2D eigenvalue weighted by molar-refractivity contribution is 7.13. The van der Waals surface area contributed by atoms with Gasteiger partial charge < -0.3 is 13.8 Å². The number of nitrogens with zero attached hydrogens (tertiary/aromatic N) is 3. The first kappa shape index (κ1) is 15.5. The molecule has 0 radical (unpaired) electrons. The third-order valence-electron chi connectivity index (χ3n) is 3.63. The van der Waals surface area contributed by atoms with Crippen LogP contribution in [-0.4, -0.2) is 21.3 Å². The van der Waals surface area contributed by atoms with Gasteiger partial charge in [-0.05, 0) is 31.4 Å². The van der Waals surface area contributed by atoms with Gasteiger partial charge in [-0.15, -0.1) is 11.3 Å². The summed E-state index contributed by atoms with van der Waals surface area (Å²) in [7, 11) is 0. The fourth-order valence-corrected chi connectivity index (χ4v) is 3.19. The van der Waals surface area contributed by atoms with Crippen molar-refractivity contribution in [3.05, 3.63) is 52.4 Å². The van der Waals surface area contributed by atoms with Gasteiger partial charge in [0.05, 0.1) is 32.9 Å². The number of aromatic nitrogens is 3. The van der Waals surface area contributed by atoms with Crippen LogP contribution in [0.15, 0.2) is 38.7 Å². The Labute approximate surface area is 146 Å². The van der Waals surface area contributed by atoms with E-state index in [1.165, 1.54) is 11.3 Å². The molecule has 126 valence electrons. The minimum Gasteiger partial charge on any atom is -0.454 e. The second-order valence-electron chi connectivity index (χ2n) is 5.49. The molecule has 7 nitrogen and oxygen atoms in total. The Kier molecular flexibility index (Phi) is 3.81. The van der Waals surface area contributed by atoms with Crippen molar-refractivity contribution in [1.29, 1.82) is 0 Å². The second-order valence-corrected chi connectivity index (χ2v) is 6.44. The van der Waals surface area contributed by atoms with Crippen molar-refractivity contribution < 1.29 is 18.6 Å². The molecular weight excluding hydrogens is 342 g/mol. The number of esters is 1. The lowest BCUT2D eigenvalue weighted by molar-refractivity contribution is 0.0439. The molecule has 4 aromatic rings. The zero-order valence-electron chi connectivity index (χ0n) is 13.5. The first-order valence-corrected chi connectivity index (χ1v) is 8.40. The summed E-state index contributed by atoms with van der Waals surface area (Å²) in [6, 6.07) is 7.26. The standard InChI is InChI=1S/C17H13N3O4S/c1-9-6-11(23-19-9)8-22-17(21)12-7-13(14-4-3-5-25-14)18-16-15(12)10(2)20-24-16/h3-7H,8H2,1-2H3. The fourth-order valence-electron chi connectivity index (χ4n) is 2.50. The topological polar surface area (TPSA) is 91.2 Å². The van der Waals surface area contributed by atoms with E-state index >= 15 is 0 Å². The fraction of sp³-hybridized carbons (Fsp3) is 0.176. The lowest BCUT2D eigenvalue weighted by Gasteiger charge is -2.05. The largest absolute Gasteiger partial charge is 0.454 e. The maximum absolute atomic E-state index is 12.6. The van der Waals surface area contributed by atoms with Crippen molar-refractivity contribution in [3.8, 4) is 10.6 Å². The molecule has 0 atom stereocenters. The monoisotopic (exact) mass is 355 g/mol. The van der Waals surface area contributed by atoms with Crippen molar-refractivity contribution >= 4 is 28.4 Å². The van der Waals surface area contributed by atoms with Gasteiger partial charge in [0.2, 0.25) is 0 Å². The first-order valence-electron chi connectivity index (χ1n) is 7.52. The number of hydrogen-bond acceptors (Lipinski definition) is 8.